The van der Waals surface area contributed by atoms with Gasteiger partial charge in [-0.25, -0.2) is 8.42 Å². The minimum absolute atomic E-state index is 0.406. The molecule has 0 aliphatic carbocycles. The number of nitrogens with zero attached hydrogens (tertiary/aromatic N) is 1. The van der Waals surface area contributed by atoms with Crippen LogP contribution >= 0.6 is 0 Å². The van der Waals surface area contributed by atoms with E-state index in [2.05, 4.69) is 10.6 Å². The Bertz CT molecular complexity index is 652. The summed E-state index contributed by atoms with van der Waals surface area (Å²) in [5, 5.41) is 10.5. The van der Waals surface area contributed by atoms with E-state index in [1.54, 1.807) is 0 Å². The van der Waals surface area contributed by atoms with Gasteiger partial charge in [-0.1, -0.05) is 19.3 Å². The Kier molecular flexibility index (Phi) is 5.19. The number of sulfonamides is 1. The number of benzene rings is 1. The zero-order valence-corrected chi connectivity index (χ0v) is 11.5. The number of nitrogens with one attached hydrogen (secondary N) is 1. The lowest BCUT2D eigenvalue weighted by Gasteiger charge is -2.12. The lowest BCUT2D eigenvalue weighted by molar-refractivity contribution is -0.387. The second-order valence-electron chi connectivity index (χ2n) is 4.00. The third kappa shape index (κ3) is 3.76. The standard InChI is InChI=1S/C12H13FN2O4S/c1-3-5-9(4-2)14-20(18,19)10-6-7-12(15(16)17)11(13)8-10/h2,6-9,14H,3,5H2,1H3. The molecule has 8 heteroatoms. The van der Waals surface area contributed by atoms with Crippen LogP contribution in [0.15, 0.2) is 23.1 Å². The third-order valence-corrected chi connectivity index (χ3v) is 3.97. The highest BCUT2D eigenvalue weighted by atomic mass is 32.2. The number of terminal acetylenes is 1. The van der Waals surface area contributed by atoms with Gasteiger partial charge in [-0.15, -0.1) is 6.42 Å². The van der Waals surface area contributed by atoms with Crippen molar-refractivity contribution in [2.45, 2.75) is 30.7 Å². The van der Waals surface area contributed by atoms with E-state index in [9.17, 15) is 22.9 Å². The molecule has 0 fully saturated rings. The molecule has 108 valence electrons. The van der Waals surface area contributed by atoms with Crippen LogP contribution < -0.4 is 4.72 Å². The van der Waals surface area contributed by atoms with Crippen molar-refractivity contribution in [3.05, 3.63) is 34.1 Å². The number of hydrogen-bond acceptors (Lipinski definition) is 4. The first-order valence-corrected chi connectivity index (χ1v) is 7.22. The number of hydrogen-bond donors (Lipinski definition) is 1. The molecule has 0 spiro atoms. The molecule has 0 amide bonds. The van der Waals surface area contributed by atoms with Crippen molar-refractivity contribution < 1.29 is 17.7 Å². The fourth-order valence-corrected chi connectivity index (χ4v) is 2.73. The molecular weight excluding hydrogens is 287 g/mol. The smallest absolute Gasteiger partial charge is 0.258 e. The molecule has 0 saturated carbocycles. The SMILES string of the molecule is C#CC(CCC)NS(=O)(=O)c1ccc([N+](=O)[O-])c(F)c1. The average Bonchev–Trinajstić information content (AvgIpc) is 2.37. The van der Waals surface area contributed by atoms with Crippen molar-refractivity contribution in [1.82, 2.24) is 4.72 Å². The number of nitro benzene ring substituents is 1. The van der Waals surface area contributed by atoms with E-state index in [1.165, 1.54) is 0 Å². The van der Waals surface area contributed by atoms with Gasteiger partial charge in [0.25, 0.3) is 0 Å². The van der Waals surface area contributed by atoms with E-state index in [0.717, 1.165) is 12.1 Å². The second kappa shape index (κ2) is 6.45. The highest BCUT2D eigenvalue weighted by molar-refractivity contribution is 7.89. The van der Waals surface area contributed by atoms with Gasteiger partial charge in [0.1, 0.15) is 0 Å². The van der Waals surface area contributed by atoms with Crippen molar-refractivity contribution in [3.63, 3.8) is 0 Å². The maximum atomic E-state index is 13.4. The first kappa shape index (κ1) is 16.1. The number of halogens is 1. The van der Waals surface area contributed by atoms with Crippen LogP contribution in [0.5, 0.6) is 0 Å². The maximum Gasteiger partial charge on any atom is 0.304 e. The Labute approximate surface area is 116 Å². The summed E-state index contributed by atoms with van der Waals surface area (Å²) in [7, 11) is -4.01. The quantitative estimate of drug-likeness (QED) is 0.493. The van der Waals surface area contributed by atoms with Crippen LogP contribution in [0.3, 0.4) is 0 Å². The topological polar surface area (TPSA) is 89.3 Å². The Hall–Kier alpha value is -1.98. The first-order chi connectivity index (χ1) is 9.31. The molecule has 1 unspecified atom stereocenters. The average molecular weight is 300 g/mol. The Balaban J connectivity index is 3.08. The van der Waals surface area contributed by atoms with Crippen LogP contribution in [-0.4, -0.2) is 19.4 Å². The molecule has 0 aliphatic rings. The molecule has 6 nitrogen and oxygen atoms in total. The minimum atomic E-state index is -4.01. The number of rotatable bonds is 6. The van der Waals surface area contributed by atoms with Crippen LogP contribution in [0.2, 0.25) is 0 Å². The molecular formula is C12H13FN2O4S. The molecule has 0 radical (unpaired) electrons. The van der Waals surface area contributed by atoms with Crippen LogP contribution in [0, 0.1) is 28.3 Å². The van der Waals surface area contributed by atoms with Gasteiger partial charge < -0.3 is 0 Å². The Morgan fingerprint density at radius 2 is 2.20 bits per heavy atom. The minimum Gasteiger partial charge on any atom is -0.258 e. The highest BCUT2D eigenvalue weighted by Gasteiger charge is 2.22. The molecule has 0 aromatic heterocycles. The summed E-state index contributed by atoms with van der Waals surface area (Å²) >= 11 is 0. The van der Waals surface area contributed by atoms with Crippen LogP contribution in [0.25, 0.3) is 0 Å². The van der Waals surface area contributed by atoms with Gasteiger partial charge in [0.2, 0.25) is 15.8 Å². The van der Waals surface area contributed by atoms with Crippen molar-refractivity contribution in [2.24, 2.45) is 0 Å². The molecule has 1 N–H and O–H groups in total. The van der Waals surface area contributed by atoms with Crippen molar-refractivity contribution >= 4 is 15.7 Å². The summed E-state index contributed by atoms with van der Waals surface area (Å²) in [5.74, 6) is 1.06. The lowest BCUT2D eigenvalue weighted by Crippen LogP contribution is -2.33. The van der Waals surface area contributed by atoms with Gasteiger partial charge in [-0.05, 0) is 12.5 Å². The second-order valence-corrected chi connectivity index (χ2v) is 5.71. The molecule has 1 aromatic carbocycles. The lowest BCUT2D eigenvalue weighted by atomic mass is 10.2. The summed E-state index contributed by atoms with van der Waals surface area (Å²) in [6.45, 7) is 1.84. The van der Waals surface area contributed by atoms with E-state index in [4.69, 9.17) is 6.42 Å². The van der Waals surface area contributed by atoms with Crippen molar-refractivity contribution in [2.75, 3.05) is 0 Å². The van der Waals surface area contributed by atoms with Gasteiger partial charge in [0.05, 0.1) is 15.9 Å². The predicted molar refractivity (Wildman–Crippen MR) is 70.9 cm³/mol. The highest BCUT2D eigenvalue weighted by Crippen LogP contribution is 2.21. The normalized spacial score (nSPS) is 12.7. The first-order valence-electron chi connectivity index (χ1n) is 5.74. The van der Waals surface area contributed by atoms with Gasteiger partial charge in [-0.3, -0.25) is 10.1 Å². The molecule has 1 atom stereocenters. The van der Waals surface area contributed by atoms with Crippen LogP contribution in [-0.2, 0) is 10.0 Å². The summed E-state index contributed by atoms with van der Waals surface area (Å²) in [4.78, 5) is 9.13. The molecule has 1 aromatic rings. The number of nitro groups is 1. The monoisotopic (exact) mass is 300 g/mol. The van der Waals surface area contributed by atoms with E-state index in [0.29, 0.717) is 18.9 Å². The molecule has 20 heavy (non-hydrogen) atoms. The largest absolute Gasteiger partial charge is 0.304 e. The van der Waals surface area contributed by atoms with E-state index < -0.39 is 37.4 Å². The van der Waals surface area contributed by atoms with Crippen molar-refractivity contribution in [3.8, 4) is 12.3 Å². The van der Waals surface area contributed by atoms with Gasteiger partial charge in [0, 0.05) is 12.1 Å². The Morgan fingerprint density at radius 1 is 1.55 bits per heavy atom. The third-order valence-electron chi connectivity index (χ3n) is 2.50. The summed E-state index contributed by atoms with van der Waals surface area (Å²) < 4.78 is 39.6. The van der Waals surface area contributed by atoms with Crippen LogP contribution in [0.4, 0.5) is 10.1 Å². The maximum absolute atomic E-state index is 13.4. The molecule has 1 rings (SSSR count). The van der Waals surface area contributed by atoms with Gasteiger partial charge in [-0.2, -0.15) is 9.11 Å². The zero-order chi connectivity index (χ0) is 15.3. The molecule has 0 saturated heterocycles. The van der Waals surface area contributed by atoms with E-state index in [1.807, 2.05) is 6.92 Å². The molecule has 0 heterocycles. The zero-order valence-electron chi connectivity index (χ0n) is 10.7. The fourth-order valence-electron chi connectivity index (χ4n) is 1.52. The summed E-state index contributed by atoms with van der Waals surface area (Å²) in [6, 6.07) is 1.65. The Morgan fingerprint density at radius 3 is 2.65 bits per heavy atom. The van der Waals surface area contributed by atoms with Gasteiger partial charge in [0.15, 0.2) is 0 Å². The molecule has 0 aliphatic heterocycles. The van der Waals surface area contributed by atoms with Gasteiger partial charge >= 0.3 is 5.69 Å². The summed E-state index contributed by atoms with van der Waals surface area (Å²) in [6.07, 6.45) is 6.31. The van der Waals surface area contributed by atoms with E-state index >= 15 is 0 Å². The summed E-state index contributed by atoms with van der Waals surface area (Å²) in [5.41, 5.74) is -0.786. The van der Waals surface area contributed by atoms with Crippen LogP contribution in [0.1, 0.15) is 19.8 Å². The van der Waals surface area contributed by atoms with E-state index in [-0.39, 0.29) is 0 Å². The predicted octanol–water partition coefficient (Wildman–Crippen LogP) is 1.81. The fraction of sp³-hybridized carbons (Fsp3) is 0.333. The molecule has 0 bridgehead atoms. The van der Waals surface area contributed by atoms with Crippen molar-refractivity contribution in [1.29, 1.82) is 0 Å².